The van der Waals surface area contributed by atoms with E-state index in [1.165, 1.54) is 13.0 Å². The van der Waals surface area contributed by atoms with E-state index in [9.17, 15) is 26.0 Å². The molecule has 1 rings (SSSR count). The zero-order chi connectivity index (χ0) is 15.3. The van der Waals surface area contributed by atoms with E-state index >= 15 is 0 Å². The van der Waals surface area contributed by atoms with Crippen LogP contribution in [0, 0.1) is 0 Å². The van der Waals surface area contributed by atoms with Crippen molar-refractivity contribution >= 4 is 10.1 Å². The number of alkyl halides is 4. The molecule has 0 amide bonds. The van der Waals surface area contributed by atoms with Gasteiger partial charge in [0.05, 0.1) is 6.67 Å². The zero-order valence-electron chi connectivity index (χ0n) is 10.4. The van der Waals surface area contributed by atoms with Gasteiger partial charge < -0.3 is 9.80 Å². The molecule has 1 heterocycles. The first-order valence-corrected chi connectivity index (χ1v) is 6.72. The van der Waals surface area contributed by atoms with Crippen molar-refractivity contribution in [3.05, 3.63) is 12.4 Å². The van der Waals surface area contributed by atoms with Crippen LogP contribution in [0.15, 0.2) is 12.4 Å². The van der Waals surface area contributed by atoms with Crippen molar-refractivity contribution in [2.24, 2.45) is 0 Å². The summed E-state index contributed by atoms with van der Waals surface area (Å²) in [5.74, 6) is 0. The highest BCUT2D eigenvalue weighted by molar-refractivity contribution is 7.86. The van der Waals surface area contributed by atoms with Crippen LogP contribution in [0.1, 0.15) is 13.3 Å². The predicted octanol–water partition coefficient (Wildman–Crippen LogP) is 1.80. The van der Waals surface area contributed by atoms with E-state index in [2.05, 4.69) is 36.2 Å². The van der Waals surface area contributed by atoms with Gasteiger partial charge in [-0.25, -0.2) is 8.78 Å². The average Bonchev–Trinajstić information content (AvgIpc) is 2.63. The highest BCUT2D eigenvalue weighted by Gasteiger charge is 2.53. The number of halogens is 4. The molecule has 0 aromatic carbocycles. The zero-order valence-corrected chi connectivity index (χ0v) is 11.2. The normalized spacial score (nSPS) is 15.8. The van der Waals surface area contributed by atoms with Gasteiger partial charge in [-0.1, -0.05) is 6.92 Å². The molecule has 0 aliphatic carbocycles. The maximum Gasteiger partial charge on any atom is 0.428 e. The topological polar surface area (TPSA) is 60.9 Å². The monoisotopic (exact) mass is 308 g/mol. The summed E-state index contributed by atoms with van der Waals surface area (Å²) in [6.45, 7) is 4.45. The van der Waals surface area contributed by atoms with Gasteiger partial charge in [-0.15, -0.1) is 0 Å². The molecule has 0 unspecified atom stereocenters. The highest BCUT2D eigenvalue weighted by Crippen LogP contribution is 2.27. The average molecular weight is 308 g/mol. The first-order valence-electron chi connectivity index (χ1n) is 5.28. The molecule has 1 aliphatic rings. The Morgan fingerprint density at radius 2 is 1.89 bits per heavy atom. The van der Waals surface area contributed by atoms with Crippen molar-refractivity contribution in [2.45, 2.75) is 25.0 Å². The smallest absolute Gasteiger partial charge is 0.362 e. The molecule has 0 spiro atoms. The maximum absolute atomic E-state index is 11.5. The van der Waals surface area contributed by atoms with Crippen molar-refractivity contribution in [3.63, 3.8) is 0 Å². The van der Waals surface area contributed by atoms with E-state index in [-0.39, 0.29) is 0 Å². The van der Waals surface area contributed by atoms with Crippen LogP contribution in [0.4, 0.5) is 17.6 Å². The lowest BCUT2D eigenvalue weighted by molar-refractivity contribution is -0.0687. The fourth-order valence-corrected chi connectivity index (χ4v) is 1.36. The van der Waals surface area contributed by atoms with Gasteiger partial charge in [0.25, 0.3) is 0 Å². The highest BCUT2D eigenvalue weighted by atomic mass is 32.2. The molecule has 5 nitrogen and oxygen atoms in total. The number of hydrogen-bond donors (Lipinski definition) is 1. The van der Waals surface area contributed by atoms with Gasteiger partial charge in [-0.3, -0.25) is 4.55 Å². The summed E-state index contributed by atoms with van der Waals surface area (Å²) in [6, 6.07) is 0. The fraction of sp³-hybridized carbons (Fsp3) is 0.778. The molecule has 0 aromatic heterocycles. The number of rotatable bonds is 4. The van der Waals surface area contributed by atoms with Gasteiger partial charge in [-0.05, 0) is 6.42 Å². The van der Waals surface area contributed by atoms with E-state index in [0.29, 0.717) is 0 Å². The summed E-state index contributed by atoms with van der Waals surface area (Å²) >= 11 is 0. The molecule has 0 bridgehead atoms. The Balaban J connectivity index is 0.000000342. The Hall–Kier alpha value is -1.03. The van der Waals surface area contributed by atoms with Crippen LogP contribution in [0.3, 0.4) is 0 Å². The molecular formula is C9H16F4N2O3S. The molecule has 10 heteroatoms. The van der Waals surface area contributed by atoms with Crippen molar-refractivity contribution in [1.29, 1.82) is 0 Å². The van der Waals surface area contributed by atoms with Crippen LogP contribution >= 0.6 is 0 Å². The van der Waals surface area contributed by atoms with E-state index in [0.717, 1.165) is 6.67 Å². The third-order valence-corrected chi connectivity index (χ3v) is 2.91. The van der Waals surface area contributed by atoms with Gasteiger partial charge in [0, 0.05) is 26.0 Å². The molecule has 19 heavy (non-hydrogen) atoms. The largest absolute Gasteiger partial charge is 0.428 e. The summed E-state index contributed by atoms with van der Waals surface area (Å²) < 4.78 is 71.3. The van der Waals surface area contributed by atoms with Crippen molar-refractivity contribution < 1.29 is 30.5 Å². The lowest BCUT2D eigenvalue weighted by atomic mass is 10.4. The number of nitrogens with zero attached hydrogens (tertiary/aromatic N) is 2. The molecule has 1 aliphatic heterocycles. The SMILES string of the molecule is CCCN1C=CN(C)C1.O=S(=O)(O)C(F)(F)C(F)F. The van der Waals surface area contributed by atoms with Gasteiger partial charge in [-0.2, -0.15) is 17.2 Å². The fourth-order valence-electron chi connectivity index (χ4n) is 1.13. The Morgan fingerprint density at radius 3 is 2.11 bits per heavy atom. The summed E-state index contributed by atoms with van der Waals surface area (Å²) in [5, 5.41) is -5.37. The van der Waals surface area contributed by atoms with Crippen molar-refractivity contribution in [2.75, 3.05) is 20.3 Å². The summed E-state index contributed by atoms with van der Waals surface area (Å²) in [5.41, 5.74) is 0. The summed E-state index contributed by atoms with van der Waals surface area (Å²) in [6.07, 6.45) is 1.07. The van der Waals surface area contributed by atoms with Gasteiger partial charge in [0.2, 0.25) is 0 Å². The molecule has 1 N–H and O–H groups in total. The van der Waals surface area contributed by atoms with E-state index in [4.69, 9.17) is 4.55 Å². The Kier molecular flexibility index (Phi) is 6.57. The van der Waals surface area contributed by atoms with Crippen LogP contribution in [0.2, 0.25) is 0 Å². The second kappa shape index (κ2) is 6.94. The predicted molar refractivity (Wildman–Crippen MR) is 61.3 cm³/mol. The quantitative estimate of drug-likeness (QED) is 0.634. The minimum atomic E-state index is -5.98. The Labute approximate surface area is 109 Å². The lowest BCUT2D eigenvalue weighted by Gasteiger charge is -2.16. The van der Waals surface area contributed by atoms with Crippen molar-refractivity contribution in [1.82, 2.24) is 9.80 Å². The lowest BCUT2D eigenvalue weighted by Crippen LogP contribution is -2.35. The Bertz CT molecular complexity index is 400. The molecule has 0 saturated carbocycles. The van der Waals surface area contributed by atoms with Crippen LogP contribution < -0.4 is 0 Å². The molecular weight excluding hydrogens is 292 g/mol. The molecule has 0 fully saturated rings. The van der Waals surface area contributed by atoms with E-state index in [1.54, 1.807) is 0 Å². The van der Waals surface area contributed by atoms with Crippen LogP contribution in [-0.4, -0.2) is 54.7 Å². The summed E-state index contributed by atoms with van der Waals surface area (Å²) in [4.78, 5) is 4.48. The van der Waals surface area contributed by atoms with Crippen molar-refractivity contribution in [3.8, 4) is 0 Å². The van der Waals surface area contributed by atoms with E-state index < -0.39 is 21.8 Å². The second-order valence-corrected chi connectivity index (χ2v) is 5.34. The first kappa shape index (κ1) is 18.0. The minimum Gasteiger partial charge on any atom is -0.362 e. The molecule has 0 saturated heterocycles. The van der Waals surface area contributed by atoms with Crippen LogP contribution in [0.25, 0.3) is 0 Å². The summed E-state index contributed by atoms with van der Waals surface area (Å²) in [7, 11) is -3.90. The third kappa shape index (κ3) is 5.64. The van der Waals surface area contributed by atoms with E-state index in [1.807, 2.05) is 0 Å². The molecule has 0 atom stereocenters. The molecule has 0 aromatic rings. The van der Waals surface area contributed by atoms with Gasteiger partial charge >= 0.3 is 21.8 Å². The maximum atomic E-state index is 11.5. The second-order valence-electron chi connectivity index (χ2n) is 3.85. The first-order chi connectivity index (χ1) is 8.52. The number of hydrogen-bond acceptors (Lipinski definition) is 4. The van der Waals surface area contributed by atoms with Crippen LogP contribution in [-0.2, 0) is 10.1 Å². The van der Waals surface area contributed by atoms with Crippen LogP contribution in [0.5, 0.6) is 0 Å². The molecule has 114 valence electrons. The van der Waals surface area contributed by atoms with Gasteiger partial charge in [0.15, 0.2) is 0 Å². The third-order valence-electron chi connectivity index (χ3n) is 2.05. The minimum absolute atomic E-state index is 1.06. The standard InChI is InChI=1S/C7H14N2.C2H2F4O3S/c1-3-4-9-6-5-8(2)7-9;3-1(4)2(5,6)10(7,8)9/h5-6H,3-4,7H2,1-2H3;1H,(H,7,8,9). The van der Waals surface area contributed by atoms with Gasteiger partial charge in [0.1, 0.15) is 0 Å². The Morgan fingerprint density at radius 1 is 1.37 bits per heavy atom. The molecule has 0 radical (unpaired) electrons.